The molecule has 0 amide bonds. The fraction of sp³-hybridized carbons (Fsp3) is 0.400. The van der Waals surface area contributed by atoms with E-state index in [2.05, 4.69) is 60.5 Å². The van der Waals surface area contributed by atoms with E-state index in [1.807, 2.05) is 31.8 Å². The fourth-order valence-electron chi connectivity index (χ4n) is 2.48. The van der Waals surface area contributed by atoms with Gasteiger partial charge in [0.1, 0.15) is 0 Å². The molecule has 0 bridgehead atoms. The molecule has 1 aromatic carbocycles. The second-order valence-corrected chi connectivity index (χ2v) is 6.60. The molecular weight excluding hydrogens is 382 g/mol. The van der Waals surface area contributed by atoms with Crippen LogP contribution in [0.15, 0.2) is 33.2 Å². The zero-order valence-electron chi connectivity index (χ0n) is 12.0. The fourth-order valence-corrected chi connectivity index (χ4v) is 3.59. The SMILES string of the molecule is CNCC(Cc1c(Br)c(C)nn1C)c1ccccc1Br. The highest BCUT2D eigenvalue weighted by molar-refractivity contribution is 9.10. The molecule has 0 aliphatic heterocycles. The quantitative estimate of drug-likeness (QED) is 0.827. The van der Waals surface area contributed by atoms with Gasteiger partial charge in [0.2, 0.25) is 0 Å². The molecular formula is C15H19Br2N3. The molecule has 2 rings (SSSR count). The van der Waals surface area contributed by atoms with E-state index in [-0.39, 0.29) is 0 Å². The van der Waals surface area contributed by atoms with E-state index < -0.39 is 0 Å². The van der Waals surface area contributed by atoms with Crippen LogP contribution in [0.3, 0.4) is 0 Å². The summed E-state index contributed by atoms with van der Waals surface area (Å²) in [5.41, 5.74) is 3.60. The van der Waals surface area contributed by atoms with E-state index in [1.165, 1.54) is 11.3 Å². The molecule has 20 heavy (non-hydrogen) atoms. The first-order valence-electron chi connectivity index (χ1n) is 6.61. The summed E-state index contributed by atoms with van der Waals surface area (Å²) in [5, 5.41) is 7.77. The van der Waals surface area contributed by atoms with E-state index in [0.717, 1.165) is 27.6 Å². The summed E-state index contributed by atoms with van der Waals surface area (Å²) in [6, 6.07) is 8.42. The normalized spacial score (nSPS) is 12.7. The van der Waals surface area contributed by atoms with Crippen LogP contribution in [0.4, 0.5) is 0 Å². The summed E-state index contributed by atoms with van der Waals surface area (Å²) < 4.78 is 4.25. The van der Waals surface area contributed by atoms with E-state index in [0.29, 0.717) is 5.92 Å². The van der Waals surface area contributed by atoms with Crippen molar-refractivity contribution in [2.45, 2.75) is 19.3 Å². The molecule has 0 saturated heterocycles. The number of rotatable bonds is 5. The van der Waals surface area contributed by atoms with Gasteiger partial charge in [0, 0.05) is 24.0 Å². The third-order valence-electron chi connectivity index (χ3n) is 3.50. The third kappa shape index (κ3) is 3.32. The van der Waals surface area contributed by atoms with Crippen molar-refractivity contribution in [1.82, 2.24) is 15.1 Å². The van der Waals surface area contributed by atoms with Crippen LogP contribution >= 0.6 is 31.9 Å². The Morgan fingerprint density at radius 3 is 2.55 bits per heavy atom. The summed E-state index contributed by atoms with van der Waals surface area (Å²) in [5.74, 6) is 0.404. The van der Waals surface area contributed by atoms with Gasteiger partial charge in [0.15, 0.2) is 0 Å². The smallest absolute Gasteiger partial charge is 0.0738 e. The first-order valence-corrected chi connectivity index (χ1v) is 8.20. The molecule has 5 heteroatoms. The van der Waals surface area contributed by atoms with Crippen LogP contribution in [-0.2, 0) is 13.5 Å². The predicted molar refractivity (Wildman–Crippen MR) is 90.2 cm³/mol. The van der Waals surface area contributed by atoms with Crippen LogP contribution in [0.1, 0.15) is 22.9 Å². The average Bonchev–Trinajstić information content (AvgIpc) is 2.65. The topological polar surface area (TPSA) is 29.9 Å². The molecule has 0 fully saturated rings. The maximum atomic E-state index is 4.48. The monoisotopic (exact) mass is 399 g/mol. The van der Waals surface area contributed by atoms with Gasteiger partial charge in [-0.05, 0) is 48.0 Å². The Bertz CT molecular complexity index is 593. The first-order chi connectivity index (χ1) is 9.54. The van der Waals surface area contributed by atoms with Crippen LogP contribution in [0.2, 0.25) is 0 Å². The van der Waals surface area contributed by atoms with Gasteiger partial charge in [-0.2, -0.15) is 5.10 Å². The standard InChI is InChI=1S/C15H19Br2N3/c1-10-15(17)14(20(3)19-10)8-11(9-18-2)12-6-4-5-7-13(12)16/h4-7,11,18H,8-9H2,1-3H3. The summed E-state index contributed by atoms with van der Waals surface area (Å²) >= 11 is 7.32. The zero-order valence-corrected chi connectivity index (χ0v) is 15.1. The first kappa shape index (κ1) is 15.7. The average molecular weight is 401 g/mol. The van der Waals surface area contributed by atoms with Gasteiger partial charge in [-0.15, -0.1) is 0 Å². The highest BCUT2D eigenvalue weighted by Gasteiger charge is 2.19. The van der Waals surface area contributed by atoms with E-state index in [1.54, 1.807) is 0 Å². The number of aromatic nitrogens is 2. The number of halogens is 2. The molecule has 0 saturated carbocycles. The van der Waals surface area contributed by atoms with Crippen molar-refractivity contribution >= 4 is 31.9 Å². The molecule has 108 valence electrons. The summed E-state index contributed by atoms with van der Waals surface area (Å²) in [7, 11) is 4.00. The summed E-state index contributed by atoms with van der Waals surface area (Å²) in [4.78, 5) is 0. The highest BCUT2D eigenvalue weighted by Crippen LogP contribution is 2.30. The maximum absolute atomic E-state index is 4.48. The largest absolute Gasteiger partial charge is 0.319 e. The molecule has 0 radical (unpaired) electrons. The van der Waals surface area contributed by atoms with Gasteiger partial charge in [-0.25, -0.2) is 0 Å². The number of nitrogens with zero attached hydrogens (tertiary/aromatic N) is 2. The van der Waals surface area contributed by atoms with Gasteiger partial charge in [-0.3, -0.25) is 4.68 Å². The number of hydrogen-bond donors (Lipinski definition) is 1. The van der Waals surface area contributed by atoms with E-state index in [9.17, 15) is 0 Å². The minimum absolute atomic E-state index is 0.404. The van der Waals surface area contributed by atoms with Crippen LogP contribution in [0.5, 0.6) is 0 Å². The van der Waals surface area contributed by atoms with Crippen molar-refractivity contribution in [3.8, 4) is 0 Å². The molecule has 3 nitrogen and oxygen atoms in total. The van der Waals surface area contributed by atoms with Crippen LogP contribution < -0.4 is 5.32 Å². The van der Waals surface area contributed by atoms with Gasteiger partial charge < -0.3 is 5.32 Å². The molecule has 0 aliphatic rings. The Balaban J connectivity index is 2.33. The second kappa shape index (κ2) is 6.87. The molecule has 1 atom stereocenters. The lowest BCUT2D eigenvalue weighted by molar-refractivity contribution is 0.588. The molecule has 1 aromatic heterocycles. The maximum Gasteiger partial charge on any atom is 0.0738 e. The zero-order chi connectivity index (χ0) is 14.7. The third-order valence-corrected chi connectivity index (χ3v) is 5.25. The van der Waals surface area contributed by atoms with Crippen LogP contribution in [0.25, 0.3) is 0 Å². The van der Waals surface area contributed by atoms with Gasteiger partial charge in [0.25, 0.3) is 0 Å². The Hall–Kier alpha value is -0.650. The predicted octanol–water partition coefficient (Wildman–Crippen LogP) is 3.80. The number of hydrogen-bond acceptors (Lipinski definition) is 2. The minimum Gasteiger partial charge on any atom is -0.319 e. The molecule has 1 unspecified atom stereocenters. The lowest BCUT2D eigenvalue weighted by Crippen LogP contribution is -2.20. The van der Waals surface area contributed by atoms with Crippen molar-refractivity contribution in [1.29, 1.82) is 0 Å². The molecule has 1 N–H and O–H groups in total. The molecule has 0 spiro atoms. The van der Waals surface area contributed by atoms with Crippen molar-refractivity contribution in [2.24, 2.45) is 7.05 Å². The van der Waals surface area contributed by atoms with Crippen molar-refractivity contribution in [3.63, 3.8) is 0 Å². The van der Waals surface area contributed by atoms with Crippen LogP contribution in [-0.4, -0.2) is 23.4 Å². The number of aryl methyl sites for hydroxylation is 2. The van der Waals surface area contributed by atoms with Crippen molar-refractivity contribution in [3.05, 3.63) is 50.2 Å². The highest BCUT2D eigenvalue weighted by atomic mass is 79.9. The van der Waals surface area contributed by atoms with Gasteiger partial charge >= 0.3 is 0 Å². The minimum atomic E-state index is 0.404. The van der Waals surface area contributed by atoms with Crippen molar-refractivity contribution < 1.29 is 0 Å². The number of nitrogens with one attached hydrogen (secondary N) is 1. The number of likely N-dealkylation sites (N-methyl/N-ethyl adjacent to an activating group) is 1. The lowest BCUT2D eigenvalue weighted by atomic mass is 9.94. The molecule has 2 aromatic rings. The second-order valence-electron chi connectivity index (χ2n) is 4.95. The Kier molecular flexibility index (Phi) is 5.41. The van der Waals surface area contributed by atoms with Gasteiger partial charge in [0.05, 0.1) is 15.9 Å². The molecule has 1 heterocycles. The Morgan fingerprint density at radius 1 is 1.30 bits per heavy atom. The Labute approximate surface area is 137 Å². The summed E-state index contributed by atoms with van der Waals surface area (Å²) in [6.07, 6.45) is 0.946. The lowest BCUT2D eigenvalue weighted by Gasteiger charge is -2.19. The van der Waals surface area contributed by atoms with Crippen molar-refractivity contribution in [2.75, 3.05) is 13.6 Å². The Morgan fingerprint density at radius 2 is 2.00 bits per heavy atom. The number of benzene rings is 1. The molecule has 0 aliphatic carbocycles. The van der Waals surface area contributed by atoms with E-state index >= 15 is 0 Å². The van der Waals surface area contributed by atoms with Crippen LogP contribution in [0, 0.1) is 6.92 Å². The van der Waals surface area contributed by atoms with E-state index in [4.69, 9.17) is 0 Å². The van der Waals surface area contributed by atoms with Gasteiger partial charge in [-0.1, -0.05) is 34.1 Å². The summed E-state index contributed by atoms with van der Waals surface area (Å²) in [6.45, 7) is 2.96.